The number of H-pyrrole nitrogens is 1. The first-order valence-corrected chi connectivity index (χ1v) is 5.09. The van der Waals surface area contributed by atoms with Crippen LogP contribution in [0.5, 0.6) is 0 Å². The number of aromatic nitrogens is 1. The van der Waals surface area contributed by atoms with Gasteiger partial charge in [0.15, 0.2) is 0 Å². The van der Waals surface area contributed by atoms with Crippen LogP contribution in [-0.4, -0.2) is 27.8 Å². The van der Waals surface area contributed by atoms with Gasteiger partial charge in [-0.1, -0.05) is 18.2 Å². The highest BCUT2D eigenvalue weighted by Crippen LogP contribution is 2.22. The van der Waals surface area contributed by atoms with Gasteiger partial charge < -0.3 is 15.2 Å². The van der Waals surface area contributed by atoms with Gasteiger partial charge in [-0.2, -0.15) is 0 Å². The summed E-state index contributed by atoms with van der Waals surface area (Å²) < 4.78 is 0. The molecule has 1 aromatic carbocycles. The smallest absolute Gasteiger partial charge is 0.313 e. The molecule has 2 rings (SSSR count). The van der Waals surface area contributed by atoms with Gasteiger partial charge in [0, 0.05) is 17.0 Å². The fraction of sp³-hybridized carbons (Fsp3) is 0.167. The summed E-state index contributed by atoms with van der Waals surface area (Å²) in [5.41, 5.74) is 0.521. The van der Waals surface area contributed by atoms with E-state index in [2.05, 4.69) is 4.98 Å². The molecule has 0 amide bonds. The number of nitrogens with one attached hydrogen (secondary N) is 1. The molecule has 0 radical (unpaired) electrons. The summed E-state index contributed by atoms with van der Waals surface area (Å²) >= 11 is 0. The quantitative estimate of drug-likeness (QED) is 0.727. The number of benzene rings is 1. The first-order chi connectivity index (χ1) is 8.13. The van der Waals surface area contributed by atoms with Crippen LogP contribution in [-0.2, 0) is 4.79 Å². The van der Waals surface area contributed by atoms with Crippen molar-refractivity contribution in [1.82, 2.24) is 4.98 Å². The number of rotatable bonds is 3. The van der Waals surface area contributed by atoms with Crippen molar-refractivity contribution in [3.63, 3.8) is 0 Å². The SMILES string of the molecule is O=C(O)C(CO)c1cc(=O)[nH]c2ccccc12. The number of aliphatic hydroxyl groups excluding tert-OH is 1. The highest BCUT2D eigenvalue weighted by Gasteiger charge is 2.21. The average molecular weight is 233 g/mol. The van der Waals surface area contributed by atoms with E-state index in [1.165, 1.54) is 6.07 Å². The van der Waals surface area contributed by atoms with Crippen molar-refractivity contribution < 1.29 is 15.0 Å². The molecule has 5 heteroatoms. The molecule has 0 saturated carbocycles. The summed E-state index contributed by atoms with van der Waals surface area (Å²) in [6.45, 7) is -0.539. The largest absolute Gasteiger partial charge is 0.481 e. The van der Waals surface area contributed by atoms with Gasteiger partial charge in [-0.05, 0) is 11.6 Å². The molecule has 0 aliphatic carbocycles. The maximum atomic E-state index is 11.4. The summed E-state index contributed by atoms with van der Waals surface area (Å²) in [4.78, 5) is 25.0. The van der Waals surface area contributed by atoms with Crippen molar-refractivity contribution in [1.29, 1.82) is 0 Å². The second kappa shape index (κ2) is 4.39. The van der Waals surface area contributed by atoms with E-state index in [1.54, 1.807) is 24.3 Å². The lowest BCUT2D eigenvalue weighted by atomic mass is 9.96. The van der Waals surface area contributed by atoms with Crippen molar-refractivity contribution in [2.75, 3.05) is 6.61 Å². The number of aliphatic hydroxyl groups is 1. The molecule has 1 atom stereocenters. The number of hydrogen-bond donors (Lipinski definition) is 3. The van der Waals surface area contributed by atoms with Crippen LogP contribution in [0.3, 0.4) is 0 Å². The lowest BCUT2D eigenvalue weighted by Gasteiger charge is -2.11. The molecule has 0 bridgehead atoms. The molecule has 3 N–H and O–H groups in total. The topological polar surface area (TPSA) is 90.4 Å². The molecule has 0 aliphatic rings. The Morgan fingerprint density at radius 2 is 2.06 bits per heavy atom. The van der Waals surface area contributed by atoms with Crippen LogP contribution in [0.4, 0.5) is 0 Å². The number of para-hydroxylation sites is 1. The van der Waals surface area contributed by atoms with Crippen LogP contribution in [0.2, 0.25) is 0 Å². The van der Waals surface area contributed by atoms with Crippen LogP contribution >= 0.6 is 0 Å². The zero-order chi connectivity index (χ0) is 12.4. The molecule has 0 saturated heterocycles. The van der Waals surface area contributed by atoms with Gasteiger partial charge in [0.2, 0.25) is 5.56 Å². The van der Waals surface area contributed by atoms with E-state index < -0.39 is 18.5 Å². The summed E-state index contributed by atoms with van der Waals surface area (Å²) in [7, 11) is 0. The summed E-state index contributed by atoms with van der Waals surface area (Å²) in [5.74, 6) is -2.23. The number of hydrogen-bond acceptors (Lipinski definition) is 3. The third-order valence-electron chi connectivity index (χ3n) is 2.64. The van der Waals surface area contributed by atoms with Gasteiger partial charge in [-0.3, -0.25) is 9.59 Å². The molecule has 1 aromatic heterocycles. The predicted molar refractivity (Wildman–Crippen MR) is 62.0 cm³/mol. The van der Waals surface area contributed by atoms with Crippen molar-refractivity contribution in [3.05, 3.63) is 46.2 Å². The van der Waals surface area contributed by atoms with Gasteiger partial charge in [-0.25, -0.2) is 0 Å². The highest BCUT2D eigenvalue weighted by atomic mass is 16.4. The van der Waals surface area contributed by atoms with Gasteiger partial charge in [-0.15, -0.1) is 0 Å². The van der Waals surface area contributed by atoms with E-state index in [-0.39, 0.29) is 5.56 Å². The molecule has 0 aliphatic heterocycles. The van der Waals surface area contributed by atoms with Crippen LogP contribution in [0.1, 0.15) is 11.5 Å². The minimum absolute atomic E-state index is 0.333. The Kier molecular flexibility index (Phi) is 2.93. The zero-order valence-corrected chi connectivity index (χ0v) is 8.88. The molecule has 0 fully saturated rings. The third-order valence-corrected chi connectivity index (χ3v) is 2.64. The first-order valence-electron chi connectivity index (χ1n) is 5.09. The van der Waals surface area contributed by atoms with E-state index in [0.29, 0.717) is 16.5 Å². The molecular weight excluding hydrogens is 222 g/mol. The van der Waals surface area contributed by atoms with E-state index in [1.807, 2.05) is 0 Å². The van der Waals surface area contributed by atoms with Crippen LogP contribution < -0.4 is 5.56 Å². The van der Waals surface area contributed by atoms with E-state index in [9.17, 15) is 9.59 Å². The maximum absolute atomic E-state index is 11.4. The fourth-order valence-electron chi connectivity index (χ4n) is 1.83. The Morgan fingerprint density at radius 1 is 1.35 bits per heavy atom. The second-order valence-corrected chi connectivity index (χ2v) is 3.71. The molecule has 1 unspecified atom stereocenters. The van der Waals surface area contributed by atoms with E-state index >= 15 is 0 Å². The van der Waals surface area contributed by atoms with Gasteiger partial charge in [0.1, 0.15) is 5.92 Å². The Labute approximate surface area is 96.3 Å². The second-order valence-electron chi connectivity index (χ2n) is 3.71. The lowest BCUT2D eigenvalue weighted by Crippen LogP contribution is -2.19. The van der Waals surface area contributed by atoms with Crippen molar-refractivity contribution in [2.45, 2.75) is 5.92 Å². The van der Waals surface area contributed by atoms with E-state index in [0.717, 1.165) is 0 Å². The molecule has 5 nitrogen and oxygen atoms in total. The third kappa shape index (κ3) is 2.05. The number of pyridine rings is 1. The normalized spacial score (nSPS) is 12.5. The molecule has 88 valence electrons. The summed E-state index contributed by atoms with van der Waals surface area (Å²) in [5, 5.41) is 18.7. The number of fused-ring (bicyclic) bond motifs is 1. The molecular formula is C12H11NO4. The molecule has 0 spiro atoms. The lowest BCUT2D eigenvalue weighted by molar-refractivity contribution is -0.139. The van der Waals surface area contributed by atoms with Crippen LogP contribution in [0, 0.1) is 0 Å². The number of carbonyl (C=O) groups is 1. The van der Waals surface area contributed by atoms with Crippen molar-refractivity contribution in [3.8, 4) is 0 Å². The van der Waals surface area contributed by atoms with Gasteiger partial charge >= 0.3 is 5.97 Å². The average Bonchev–Trinajstić information content (AvgIpc) is 2.29. The standard InChI is InChI=1S/C12H11NO4/c14-6-9(12(16)17)8-5-11(15)13-10-4-2-1-3-7(8)10/h1-5,9,14H,6H2,(H,13,15)(H,16,17). The predicted octanol–water partition coefficient (Wildman–Crippen LogP) is 0.689. The van der Waals surface area contributed by atoms with Crippen LogP contribution in [0.15, 0.2) is 35.1 Å². The Hall–Kier alpha value is -2.14. The summed E-state index contributed by atoms with van der Waals surface area (Å²) in [6, 6.07) is 8.12. The Morgan fingerprint density at radius 3 is 2.71 bits per heavy atom. The van der Waals surface area contributed by atoms with Crippen molar-refractivity contribution in [2.24, 2.45) is 0 Å². The number of carboxylic acid groups (broad SMARTS) is 1. The minimum atomic E-state index is -1.15. The number of aliphatic carboxylic acids is 1. The Balaban J connectivity index is 2.75. The molecule has 2 aromatic rings. The molecule has 1 heterocycles. The first kappa shape index (κ1) is 11.3. The Bertz CT molecular complexity index is 617. The monoisotopic (exact) mass is 233 g/mol. The van der Waals surface area contributed by atoms with Crippen LogP contribution in [0.25, 0.3) is 10.9 Å². The fourth-order valence-corrected chi connectivity index (χ4v) is 1.83. The van der Waals surface area contributed by atoms with Crippen molar-refractivity contribution >= 4 is 16.9 Å². The zero-order valence-electron chi connectivity index (χ0n) is 8.88. The molecule has 17 heavy (non-hydrogen) atoms. The highest BCUT2D eigenvalue weighted by molar-refractivity contribution is 5.88. The van der Waals surface area contributed by atoms with Gasteiger partial charge in [0.25, 0.3) is 0 Å². The van der Waals surface area contributed by atoms with E-state index in [4.69, 9.17) is 10.2 Å². The maximum Gasteiger partial charge on any atom is 0.313 e. The van der Waals surface area contributed by atoms with Gasteiger partial charge in [0.05, 0.1) is 6.61 Å². The minimum Gasteiger partial charge on any atom is -0.481 e. The number of aromatic amines is 1. The summed E-state index contributed by atoms with van der Waals surface area (Å²) in [6.07, 6.45) is 0. The number of carboxylic acids is 1.